The first-order valence-electron chi connectivity index (χ1n) is 8.00. The first-order valence-corrected chi connectivity index (χ1v) is 11.9. The highest BCUT2D eigenvalue weighted by Gasteiger charge is 2.27. The van der Waals surface area contributed by atoms with Gasteiger partial charge in [-0.25, -0.2) is 0 Å². The maximum absolute atomic E-state index is 12.2. The molecule has 0 saturated heterocycles. The summed E-state index contributed by atoms with van der Waals surface area (Å²) < 4.78 is 102. The Kier molecular flexibility index (Phi) is 3.66. The molecule has 29 heavy (non-hydrogen) atoms. The van der Waals surface area contributed by atoms with Gasteiger partial charge in [0.2, 0.25) is 1.43 Å². The molecule has 0 saturated carbocycles. The molecule has 0 bridgehead atoms. The summed E-state index contributed by atoms with van der Waals surface area (Å²) in [4.78, 5) is -2.30. The standard InChI is InChI=1S/C16H10O10S3/c17-11-5-12(27(18,19)20)8-3-4-10-14(29(24,25)26)6-13(28(21,22)23)9-2-1-7(11)15(8)16(9)10/h1-6,17H,(H,18,19,20)(H,21,22,23)(H,24,25,26)/i/hD. The molecule has 152 valence electrons. The normalized spacial score (nSPS) is 14.1. The minimum absolute atomic E-state index is 0.0260. The Balaban J connectivity index is 2.45. The zero-order valence-electron chi connectivity index (χ0n) is 14.9. The lowest BCUT2D eigenvalue weighted by Gasteiger charge is -2.17. The van der Waals surface area contributed by atoms with E-state index in [1.807, 2.05) is 0 Å². The molecule has 4 aromatic carbocycles. The summed E-state index contributed by atoms with van der Waals surface area (Å²) in [6, 6.07) is 6.14. The first kappa shape index (κ1) is 18.5. The Hall–Kier alpha value is -2.55. The molecule has 4 N–H and O–H groups in total. The largest absolute Gasteiger partial charge is 0.507 e. The van der Waals surface area contributed by atoms with Gasteiger partial charge in [0.15, 0.2) is 0 Å². The Morgan fingerprint density at radius 3 is 1.45 bits per heavy atom. The summed E-state index contributed by atoms with van der Waals surface area (Å²) in [5.74, 6) is -0.581. The zero-order chi connectivity index (χ0) is 22.2. The molecule has 0 radical (unpaired) electrons. The number of hydrogen-bond acceptors (Lipinski definition) is 8. The SMILES string of the molecule is [2H]OS(=O)(=O)c1cc(S(=O)(=O)O)c2ccc3c(O)cc(S(=O)(=O)O)c4ccc1c2c34. The van der Waals surface area contributed by atoms with Crippen LogP contribution < -0.4 is 0 Å². The molecule has 0 aliphatic carbocycles. The molecule has 0 spiro atoms. The quantitative estimate of drug-likeness (QED) is 0.260. The van der Waals surface area contributed by atoms with E-state index in [-0.39, 0.29) is 32.3 Å². The number of phenols is 1. The maximum Gasteiger partial charge on any atom is 0.295 e. The number of hydrogen-bond donors (Lipinski definition) is 4. The average molecular weight is 459 g/mol. The van der Waals surface area contributed by atoms with Crippen molar-refractivity contribution in [2.75, 3.05) is 0 Å². The van der Waals surface area contributed by atoms with Crippen molar-refractivity contribution in [3.05, 3.63) is 36.4 Å². The predicted molar refractivity (Wildman–Crippen MR) is 101 cm³/mol. The third kappa shape index (κ3) is 2.90. The van der Waals surface area contributed by atoms with Gasteiger partial charge in [0, 0.05) is 38.4 Å². The third-order valence-electron chi connectivity index (χ3n) is 4.59. The van der Waals surface area contributed by atoms with Crippen molar-refractivity contribution >= 4 is 62.7 Å². The predicted octanol–water partition coefficient (Wildman–Crippen LogP) is 2.03. The van der Waals surface area contributed by atoms with Crippen LogP contribution in [0.25, 0.3) is 33.7 Å². The van der Waals surface area contributed by atoms with E-state index in [9.17, 15) is 39.5 Å². The monoisotopic (exact) mass is 459 g/mol. The van der Waals surface area contributed by atoms with E-state index in [1.54, 1.807) is 0 Å². The number of phenolic OH excluding ortho intramolecular Hbond substituents is 1. The van der Waals surface area contributed by atoms with Crippen LogP contribution in [0.15, 0.2) is 51.1 Å². The lowest BCUT2D eigenvalue weighted by molar-refractivity contribution is 0.471. The summed E-state index contributed by atoms with van der Waals surface area (Å²) >= 11 is 0. The summed E-state index contributed by atoms with van der Waals surface area (Å²) in [6.07, 6.45) is 0. The summed E-state index contributed by atoms with van der Waals surface area (Å²) in [6.45, 7) is 0. The highest BCUT2D eigenvalue weighted by molar-refractivity contribution is 7.87. The third-order valence-corrected chi connectivity index (χ3v) is 7.25. The molecule has 0 heterocycles. The minimum atomic E-state index is -4.98. The molecule has 0 aliphatic heterocycles. The fraction of sp³-hybridized carbons (Fsp3) is 0. The fourth-order valence-corrected chi connectivity index (χ4v) is 5.71. The summed E-state index contributed by atoms with van der Waals surface area (Å²) in [5, 5.41) is 9.61. The average Bonchev–Trinajstić information content (AvgIpc) is 2.64. The van der Waals surface area contributed by atoms with Crippen molar-refractivity contribution in [1.82, 2.24) is 0 Å². The molecule has 13 heteroatoms. The molecule has 4 aromatic rings. The van der Waals surface area contributed by atoms with Crippen LogP contribution in [0.4, 0.5) is 0 Å². The van der Waals surface area contributed by atoms with Gasteiger partial charge in [-0.05, 0) is 12.1 Å². The second-order valence-electron chi connectivity index (χ2n) is 6.24. The van der Waals surface area contributed by atoms with Gasteiger partial charge in [-0.15, -0.1) is 0 Å². The Labute approximate surface area is 165 Å². The topological polar surface area (TPSA) is 183 Å². The van der Waals surface area contributed by atoms with Crippen LogP contribution >= 0.6 is 0 Å². The van der Waals surface area contributed by atoms with E-state index < -0.39 is 50.8 Å². The van der Waals surface area contributed by atoms with E-state index >= 15 is 0 Å². The molecule has 0 aromatic heterocycles. The highest BCUT2D eigenvalue weighted by atomic mass is 32.2. The molecular formula is C16H10O10S3. The number of benzene rings is 4. The molecule has 0 fully saturated rings. The molecular weight excluding hydrogens is 448 g/mol. The van der Waals surface area contributed by atoms with Gasteiger partial charge in [-0.1, -0.05) is 18.2 Å². The van der Waals surface area contributed by atoms with E-state index in [1.165, 1.54) is 12.1 Å². The Bertz CT molecular complexity index is 1690. The van der Waals surface area contributed by atoms with Gasteiger partial charge in [0.25, 0.3) is 30.4 Å². The molecule has 0 aliphatic rings. The van der Waals surface area contributed by atoms with Crippen LogP contribution in [0.2, 0.25) is 0 Å². The second kappa shape index (κ2) is 5.75. The van der Waals surface area contributed by atoms with Gasteiger partial charge in [-0.2, -0.15) is 25.3 Å². The molecule has 0 atom stereocenters. The zero-order valence-corrected chi connectivity index (χ0v) is 16.3. The van der Waals surface area contributed by atoms with Crippen LogP contribution in [-0.4, -0.2) is 44.0 Å². The molecule has 0 unspecified atom stereocenters. The Morgan fingerprint density at radius 2 is 1.00 bits per heavy atom. The minimum Gasteiger partial charge on any atom is -0.507 e. The summed E-state index contributed by atoms with van der Waals surface area (Å²) in [7, 11) is -14.6. The lowest BCUT2D eigenvalue weighted by atomic mass is 9.94. The number of rotatable bonds is 4. The Morgan fingerprint density at radius 1 is 0.621 bits per heavy atom. The van der Waals surface area contributed by atoms with Gasteiger partial charge >= 0.3 is 0 Å². The lowest BCUT2D eigenvalue weighted by Crippen LogP contribution is -2.06. The van der Waals surface area contributed by atoms with Crippen molar-refractivity contribution in [2.45, 2.75) is 14.7 Å². The maximum atomic E-state index is 12.2. The van der Waals surface area contributed by atoms with E-state index in [0.29, 0.717) is 6.07 Å². The van der Waals surface area contributed by atoms with Crippen LogP contribution in [-0.2, 0) is 30.4 Å². The van der Waals surface area contributed by atoms with Crippen LogP contribution in [0, 0.1) is 0 Å². The summed E-state index contributed by atoms with van der Waals surface area (Å²) in [5.41, 5.74) is 0. The van der Waals surface area contributed by atoms with Gasteiger partial charge in [0.1, 0.15) is 20.4 Å². The second-order valence-corrected chi connectivity index (χ2v) is 10.4. The van der Waals surface area contributed by atoms with E-state index in [0.717, 1.165) is 18.2 Å². The van der Waals surface area contributed by atoms with Crippen LogP contribution in [0.3, 0.4) is 0 Å². The highest BCUT2D eigenvalue weighted by Crippen LogP contribution is 2.44. The number of aromatic hydroxyl groups is 1. The van der Waals surface area contributed by atoms with Gasteiger partial charge in [-0.3, -0.25) is 13.7 Å². The molecule has 4 rings (SSSR count). The molecule has 0 amide bonds. The van der Waals surface area contributed by atoms with Gasteiger partial charge < -0.3 is 5.11 Å². The van der Waals surface area contributed by atoms with Crippen molar-refractivity contribution in [3.8, 4) is 5.75 Å². The van der Waals surface area contributed by atoms with Crippen LogP contribution in [0.5, 0.6) is 5.75 Å². The van der Waals surface area contributed by atoms with E-state index in [2.05, 4.69) is 4.56 Å². The molecule has 10 nitrogen and oxygen atoms in total. The van der Waals surface area contributed by atoms with Crippen molar-refractivity contribution < 1.29 is 44.0 Å². The van der Waals surface area contributed by atoms with Crippen molar-refractivity contribution in [1.29, 1.82) is 1.43 Å². The smallest absolute Gasteiger partial charge is 0.295 e. The fourth-order valence-electron chi connectivity index (χ4n) is 3.51. The van der Waals surface area contributed by atoms with E-state index in [4.69, 9.17) is 1.43 Å². The van der Waals surface area contributed by atoms with Crippen molar-refractivity contribution in [2.24, 2.45) is 0 Å². The van der Waals surface area contributed by atoms with Crippen molar-refractivity contribution in [3.63, 3.8) is 0 Å². The van der Waals surface area contributed by atoms with Crippen LogP contribution in [0.1, 0.15) is 0 Å². The first-order chi connectivity index (χ1) is 13.8. The van der Waals surface area contributed by atoms with Gasteiger partial charge in [0.05, 0.1) is 0 Å².